The van der Waals surface area contributed by atoms with Crippen LogP contribution in [-0.2, 0) is 0 Å². The number of hydrogen-bond acceptors (Lipinski definition) is 1. The Balaban J connectivity index is 0.000000791. The van der Waals surface area contributed by atoms with Crippen LogP contribution in [0, 0.1) is 0 Å². The lowest BCUT2D eigenvalue weighted by atomic mass is 10.3. The van der Waals surface area contributed by atoms with Gasteiger partial charge in [-0.25, -0.2) is 0 Å². The maximum atomic E-state index is 7.22. The maximum Gasteiger partial charge on any atom is 0.147 e. The molecule has 0 bridgehead atoms. The highest BCUT2D eigenvalue weighted by Gasteiger charge is 1.82. The van der Waals surface area contributed by atoms with Crippen molar-refractivity contribution >= 4 is 29.6 Å². The molecule has 0 aliphatic heterocycles. The third-order valence-corrected chi connectivity index (χ3v) is 0.803. The van der Waals surface area contributed by atoms with Gasteiger partial charge in [-0.05, 0) is 24.2 Å². The van der Waals surface area contributed by atoms with Crippen molar-refractivity contribution in [3.8, 4) is 0 Å². The molecule has 0 saturated heterocycles. The van der Waals surface area contributed by atoms with E-state index in [2.05, 4.69) is 12.3 Å². The summed E-state index contributed by atoms with van der Waals surface area (Å²) < 4.78 is 34.1. The normalized spacial score (nSPS) is 15.1. The highest BCUT2D eigenvalue weighted by Crippen LogP contribution is 2.09. The van der Waals surface area contributed by atoms with E-state index < -0.39 is 0 Å². The molecule has 9 heavy (non-hydrogen) atoms. The number of anilines is 1. The SMILES string of the molecule is [2H]Cl.[2H]c1c([2H])c(Cl)c([2H])c([2H])c1N. The zero-order valence-electron chi connectivity index (χ0n) is 9.33. The maximum absolute atomic E-state index is 7.22. The van der Waals surface area contributed by atoms with Crippen molar-refractivity contribution in [1.29, 1.82) is 1.17 Å². The molecule has 0 heterocycles. The quantitative estimate of drug-likeness (QED) is 0.592. The predicted octanol–water partition coefficient (Wildman–Crippen LogP) is 2.34. The van der Waals surface area contributed by atoms with E-state index in [-0.39, 0.29) is 34.9 Å². The third-order valence-electron chi connectivity index (χ3n) is 0.614. The molecule has 0 spiro atoms. The van der Waals surface area contributed by atoms with Gasteiger partial charge >= 0.3 is 0 Å². The first kappa shape index (κ1) is 3.13. The molecule has 50 valence electrons. The van der Waals surface area contributed by atoms with Crippen LogP contribution < -0.4 is 5.73 Å². The van der Waals surface area contributed by atoms with Crippen LogP contribution in [-0.4, -0.2) is 1.17 Å². The van der Waals surface area contributed by atoms with Gasteiger partial charge in [-0.15, -0.1) is 12.3 Å². The number of nitrogen functional groups attached to an aromatic ring is 1. The first-order valence-electron chi connectivity index (χ1n) is 4.36. The number of hydrogen-bond donors (Lipinski definition) is 1. The van der Waals surface area contributed by atoms with Gasteiger partial charge in [0.2, 0.25) is 0 Å². The molecule has 0 aliphatic rings. The molecule has 0 fully saturated rings. The monoisotopic (exact) mass is 168 g/mol. The summed E-state index contributed by atoms with van der Waals surface area (Å²) in [6.45, 7) is 0. The van der Waals surface area contributed by atoms with Gasteiger partial charge in [-0.3, -0.25) is 0 Å². The van der Waals surface area contributed by atoms with E-state index in [1.54, 1.807) is 0 Å². The fourth-order valence-electron chi connectivity index (χ4n) is 0.307. The number of halogens is 2. The minimum atomic E-state index is -0.296. The molecule has 1 aromatic rings. The van der Waals surface area contributed by atoms with Crippen LogP contribution in [0.15, 0.2) is 24.2 Å². The molecule has 1 aromatic carbocycles. The van der Waals surface area contributed by atoms with Gasteiger partial charge in [0.05, 0.1) is 5.48 Å². The van der Waals surface area contributed by atoms with E-state index in [0.717, 1.165) is 0 Å². The molecule has 3 heteroatoms. The summed E-state index contributed by atoms with van der Waals surface area (Å²) in [5, 5.41) is -0.195. The van der Waals surface area contributed by atoms with Gasteiger partial charge in [0.1, 0.15) is 1.17 Å². The molecule has 0 aliphatic carbocycles. The van der Waals surface area contributed by atoms with Crippen molar-refractivity contribution in [1.82, 2.24) is 0 Å². The molecular weight excluding hydrogens is 157 g/mol. The Morgan fingerprint density at radius 3 is 2.33 bits per heavy atom. The van der Waals surface area contributed by atoms with Crippen LogP contribution in [0.5, 0.6) is 0 Å². The molecule has 0 radical (unpaired) electrons. The average molecular weight is 169 g/mol. The molecule has 0 aromatic heterocycles. The summed E-state index contributed by atoms with van der Waals surface area (Å²) in [6.07, 6.45) is 0. The summed E-state index contributed by atoms with van der Waals surface area (Å²) >= 11 is 9.38. The number of nitrogens with two attached hydrogens (primary N) is 1. The molecule has 1 rings (SSSR count). The van der Waals surface area contributed by atoms with Crippen LogP contribution in [0.1, 0.15) is 5.48 Å². The van der Waals surface area contributed by atoms with Crippen molar-refractivity contribution in [3.05, 3.63) is 29.2 Å². The van der Waals surface area contributed by atoms with Crippen LogP contribution in [0.3, 0.4) is 0 Å². The Labute approximate surface area is 72.0 Å². The Morgan fingerprint density at radius 1 is 1.44 bits per heavy atom. The molecule has 0 unspecified atom stereocenters. The summed E-state index contributed by atoms with van der Waals surface area (Å²) in [4.78, 5) is 0. The summed E-state index contributed by atoms with van der Waals surface area (Å²) in [7, 11) is 0. The third kappa shape index (κ3) is 2.59. The van der Waals surface area contributed by atoms with E-state index in [1.165, 1.54) is 0 Å². The predicted molar refractivity (Wildman–Crippen MR) is 43.1 cm³/mol. The molecular formula is C6H7Cl2N. The molecule has 1 nitrogen and oxygen atoms in total. The lowest BCUT2D eigenvalue weighted by molar-refractivity contribution is 1.69. The van der Waals surface area contributed by atoms with E-state index >= 15 is 0 Å². The highest BCUT2D eigenvalue weighted by atomic mass is 35.5. The lowest BCUT2D eigenvalue weighted by Gasteiger charge is -1.88. The van der Waals surface area contributed by atoms with Gasteiger partial charge in [0.25, 0.3) is 0 Å². The fraction of sp³-hybridized carbons (Fsp3) is 0. The van der Waals surface area contributed by atoms with Crippen molar-refractivity contribution in [2.45, 2.75) is 0 Å². The van der Waals surface area contributed by atoms with E-state index in [0.29, 0.717) is 0 Å². The topological polar surface area (TPSA) is 26.0 Å². The highest BCUT2D eigenvalue weighted by molar-refractivity contribution is 6.30. The first-order chi connectivity index (χ1) is 6.46. The van der Waals surface area contributed by atoms with Crippen LogP contribution in [0.25, 0.3) is 0 Å². The van der Waals surface area contributed by atoms with Gasteiger partial charge < -0.3 is 5.73 Å². The van der Waals surface area contributed by atoms with E-state index in [9.17, 15) is 0 Å². The van der Waals surface area contributed by atoms with Crippen molar-refractivity contribution in [2.75, 3.05) is 5.73 Å². The zero-order valence-corrected chi connectivity index (χ0v) is 5.85. The standard InChI is InChI=1S/C6H6ClN.ClH/c7-5-1-3-6(8)4-2-5;/h1-4H,8H2;1H/i1D,2D,3D,4D;/hD. The minimum absolute atomic E-state index is 0.172. The van der Waals surface area contributed by atoms with E-state index in [4.69, 9.17) is 24.0 Å². The summed E-state index contributed by atoms with van der Waals surface area (Å²) in [6, 6.07) is -1.17. The van der Waals surface area contributed by atoms with Gasteiger partial charge in [-0.1, -0.05) is 11.6 Å². The summed E-state index contributed by atoms with van der Waals surface area (Å²) in [5.41, 5.74) is 5.11. The fourth-order valence-corrected chi connectivity index (χ4v) is 0.401. The Morgan fingerprint density at radius 2 is 1.89 bits per heavy atom. The van der Waals surface area contributed by atoms with Gasteiger partial charge in [0.15, 0.2) is 0 Å². The Kier molecular flexibility index (Phi) is 1.25. The van der Waals surface area contributed by atoms with Crippen molar-refractivity contribution in [3.63, 3.8) is 0 Å². The lowest BCUT2D eigenvalue weighted by Crippen LogP contribution is -1.80. The number of benzene rings is 1. The van der Waals surface area contributed by atoms with Crippen LogP contribution in [0.4, 0.5) is 5.69 Å². The van der Waals surface area contributed by atoms with Crippen LogP contribution in [0.2, 0.25) is 5.02 Å². The average Bonchev–Trinajstić information content (AvgIpc) is 2.24. The Bertz CT molecular complexity index is 238. The second-order valence-electron chi connectivity index (χ2n) is 1.23. The molecule has 2 N–H and O–H groups in total. The smallest absolute Gasteiger partial charge is 0.147 e. The van der Waals surface area contributed by atoms with Crippen molar-refractivity contribution in [2.24, 2.45) is 0 Å². The second-order valence-corrected chi connectivity index (χ2v) is 1.61. The summed E-state index contributed by atoms with van der Waals surface area (Å²) in [5.74, 6) is 0. The Hall–Kier alpha value is -0.400. The van der Waals surface area contributed by atoms with Gasteiger partial charge in [0, 0.05) is 10.7 Å². The zero-order chi connectivity index (χ0) is 11.5. The minimum Gasteiger partial charge on any atom is -0.399 e. The molecule has 0 amide bonds. The second kappa shape index (κ2) is 3.59. The number of rotatable bonds is 0. The van der Waals surface area contributed by atoms with Crippen molar-refractivity contribution < 1.29 is 5.48 Å². The van der Waals surface area contributed by atoms with Crippen LogP contribution >= 0.6 is 23.9 Å². The van der Waals surface area contributed by atoms with Gasteiger partial charge in [-0.2, -0.15) is 0 Å². The van der Waals surface area contributed by atoms with E-state index in [1.807, 2.05) is 0 Å². The largest absolute Gasteiger partial charge is 0.399 e. The first-order valence-corrected chi connectivity index (χ1v) is 2.36. The molecule has 0 atom stereocenters. The molecule has 0 saturated carbocycles.